The smallest absolute Gasteiger partial charge is 0.119 e. The number of hydrogen-bond donors (Lipinski definition) is 0. The standard InChI is InChI=1S/C25H39NO/c1-3-4-5-6-7-10-16-26-17-15-25-14-9-8-11-22(25)24(26)18-20-12-13-21(27-2)19-23(20)25/h12-13,19,22,24H,3-11,14-18H2,1-2H3/t22-,24-,25+/m1/s1. The number of nitrogens with zero attached hydrogens (tertiary/aromatic N) is 1. The van der Waals surface area contributed by atoms with Gasteiger partial charge in [0.2, 0.25) is 0 Å². The van der Waals surface area contributed by atoms with E-state index < -0.39 is 0 Å². The summed E-state index contributed by atoms with van der Waals surface area (Å²) >= 11 is 0. The van der Waals surface area contributed by atoms with Gasteiger partial charge >= 0.3 is 0 Å². The molecule has 1 aliphatic heterocycles. The second-order valence-electron chi connectivity index (χ2n) is 9.36. The van der Waals surface area contributed by atoms with E-state index in [1.165, 1.54) is 90.1 Å². The number of benzene rings is 1. The molecular formula is C25H39NO. The average molecular weight is 370 g/mol. The molecule has 0 N–H and O–H groups in total. The van der Waals surface area contributed by atoms with Crippen molar-refractivity contribution in [2.24, 2.45) is 5.92 Å². The molecule has 0 spiro atoms. The van der Waals surface area contributed by atoms with Crippen molar-refractivity contribution >= 4 is 0 Å². The van der Waals surface area contributed by atoms with Crippen LogP contribution in [0.2, 0.25) is 0 Å². The van der Waals surface area contributed by atoms with Crippen LogP contribution in [0.5, 0.6) is 5.75 Å². The molecule has 0 radical (unpaired) electrons. The highest BCUT2D eigenvalue weighted by Crippen LogP contribution is 2.56. The number of methoxy groups -OCH3 is 1. The van der Waals surface area contributed by atoms with Gasteiger partial charge in [-0.05, 0) is 74.4 Å². The first-order valence-electron chi connectivity index (χ1n) is 11.7. The summed E-state index contributed by atoms with van der Waals surface area (Å²) in [6.07, 6.45) is 16.8. The second-order valence-corrected chi connectivity index (χ2v) is 9.36. The van der Waals surface area contributed by atoms with Crippen molar-refractivity contribution in [1.82, 2.24) is 4.90 Å². The Kier molecular flexibility index (Phi) is 6.12. The molecule has 2 nitrogen and oxygen atoms in total. The van der Waals surface area contributed by atoms with Gasteiger partial charge in [0.25, 0.3) is 0 Å². The van der Waals surface area contributed by atoms with Gasteiger partial charge in [-0.3, -0.25) is 4.90 Å². The van der Waals surface area contributed by atoms with Crippen LogP contribution >= 0.6 is 0 Å². The third-order valence-electron chi connectivity index (χ3n) is 7.96. The summed E-state index contributed by atoms with van der Waals surface area (Å²) in [5, 5.41) is 0. The van der Waals surface area contributed by atoms with Crippen LogP contribution < -0.4 is 4.74 Å². The summed E-state index contributed by atoms with van der Waals surface area (Å²) in [5.41, 5.74) is 3.72. The molecule has 2 fully saturated rings. The molecular weight excluding hydrogens is 330 g/mol. The molecule has 1 saturated heterocycles. The van der Waals surface area contributed by atoms with Crippen molar-refractivity contribution in [2.75, 3.05) is 20.2 Å². The van der Waals surface area contributed by atoms with Crippen molar-refractivity contribution in [1.29, 1.82) is 0 Å². The Labute approximate surface area is 166 Å². The predicted molar refractivity (Wildman–Crippen MR) is 114 cm³/mol. The Morgan fingerprint density at radius 1 is 1.07 bits per heavy atom. The molecule has 4 rings (SSSR count). The number of hydrogen-bond acceptors (Lipinski definition) is 2. The lowest BCUT2D eigenvalue weighted by Gasteiger charge is -2.59. The molecule has 3 aliphatic rings. The first-order valence-corrected chi connectivity index (χ1v) is 11.7. The normalized spacial score (nSPS) is 29.9. The number of fused-ring (bicyclic) bond motifs is 1. The van der Waals surface area contributed by atoms with E-state index in [4.69, 9.17) is 4.74 Å². The van der Waals surface area contributed by atoms with Crippen LogP contribution in [0.4, 0.5) is 0 Å². The van der Waals surface area contributed by atoms with Crippen molar-refractivity contribution < 1.29 is 4.74 Å². The van der Waals surface area contributed by atoms with Crippen LogP contribution in [0.15, 0.2) is 18.2 Å². The van der Waals surface area contributed by atoms with E-state index >= 15 is 0 Å². The van der Waals surface area contributed by atoms with Gasteiger partial charge in [-0.15, -0.1) is 0 Å². The summed E-state index contributed by atoms with van der Waals surface area (Å²) in [5.74, 6) is 1.93. The third kappa shape index (κ3) is 3.67. The summed E-state index contributed by atoms with van der Waals surface area (Å²) in [4.78, 5) is 2.89. The molecule has 0 unspecified atom stereocenters. The van der Waals surface area contributed by atoms with E-state index in [1.54, 1.807) is 11.1 Å². The summed E-state index contributed by atoms with van der Waals surface area (Å²) < 4.78 is 5.60. The minimum absolute atomic E-state index is 0.447. The molecule has 2 heteroatoms. The van der Waals surface area contributed by atoms with Gasteiger partial charge < -0.3 is 4.74 Å². The minimum atomic E-state index is 0.447. The van der Waals surface area contributed by atoms with Gasteiger partial charge in [-0.1, -0.05) is 57.9 Å². The maximum atomic E-state index is 5.60. The molecule has 150 valence electrons. The van der Waals surface area contributed by atoms with Gasteiger partial charge in [0.05, 0.1) is 7.11 Å². The van der Waals surface area contributed by atoms with E-state index in [-0.39, 0.29) is 0 Å². The SMILES string of the molecule is CCCCCCCCN1CC[C@@]23CCCC[C@@H]2[C@H]1Cc1ccc(OC)cc13. The van der Waals surface area contributed by atoms with E-state index in [0.717, 1.165) is 17.7 Å². The summed E-state index contributed by atoms with van der Waals surface area (Å²) in [7, 11) is 1.81. The second kappa shape index (κ2) is 8.55. The van der Waals surface area contributed by atoms with Crippen molar-refractivity contribution in [3.8, 4) is 5.75 Å². The zero-order valence-electron chi connectivity index (χ0n) is 17.6. The molecule has 1 heterocycles. The van der Waals surface area contributed by atoms with Gasteiger partial charge in [-0.25, -0.2) is 0 Å². The molecule has 0 aromatic heterocycles. The van der Waals surface area contributed by atoms with Crippen molar-refractivity contribution in [2.45, 2.75) is 95.4 Å². The number of likely N-dealkylation sites (tertiary alicyclic amines) is 1. The molecule has 1 aromatic rings. The number of rotatable bonds is 8. The fraction of sp³-hybridized carbons (Fsp3) is 0.760. The van der Waals surface area contributed by atoms with Gasteiger partial charge in [0, 0.05) is 11.5 Å². The minimum Gasteiger partial charge on any atom is -0.497 e. The quantitative estimate of drug-likeness (QED) is 0.512. The predicted octanol–water partition coefficient (Wildman–Crippen LogP) is 6.11. The Morgan fingerprint density at radius 2 is 1.93 bits per heavy atom. The molecule has 0 amide bonds. The maximum Gasteiger partial charge on any atom is 0.119 e. The van der Waals surface area contributed by atoms with Gasteiger partial charge in [0.1, 0.15) is 5.75 Å². The van der Waals surface area contributed by atoms with Crippen LogP contribution in [-0.4, -0.2) is 31.1 Å². The van der Waals surface area contributed by atoms with Crippen LogP contribution in [0.25, 0.3) is 0 Å². The number of ether oxygens (including phenoxy) is 1. The highest BCUT2D eigenvalue weighted by molar-refractivity contribution is 5.45. The van der Waals surface area contributed by atoms with Crippen LogP contribution in [0.3, 0.4) is 0 Å². The molecule has 27 heavy (non-hydrogen) atoms. The lowest BCUT2D eigenvalue weighted by atomic mass is 9.52. The highest BCUT2D eigenvalue weighted by atomic mass is 16.5. The van der Waals surface area contributed by atoms with Gasteiger partial charge in [-0.2, -0.15) is 0 Å². The third-order valence-corrected chi connectivity index (χ3v) is 7.96. The van der Waals surface area contributed by atoms with E-state index in [9.17, 15) is 0 Å². The first kappa shape index (κ1) is 19.3. The zero-order valence-corrected chi connectivity index (χ0v) is 17.6. The number of unbranched alkanes of at least 4 members (excludes halogenated alkanes) is 5. The maximum absolute atomic E-state index is 5.60. The van der Waals surface area contributed by atoms with Crippen LogP contribution in [0.1, 0.15) is 88.7 Å². The fourth-order valence-electron chi connectivity index (χ4n) is 6.56. The Balaban J connectivity index is 1.49. The molecule has 1 saturated carbocycles. The van der Waals surface area contributed by atoms with E-state index in [0.29, 0.717) is 5.41 Å². The molecule has 1 aromatic carbocycles. The summed E-state index contributed by atoms with van der Waals surface area (Å²) in [6.45, 7) is 4.95. The van der Waals surface area contributed by atoms with Gasteiger partial charge in [0.15, 0.2) is 0 Å². The van der Waals surface area contributed by atoms with E-state index in [1.807, 2.05) is 7.11 Å². The van der Waals surface area contributed by atoms with Crippen LogP contribution in [-0.2, 0) is 11.8 Å². The Hall–Kier alpha value is -1.02. The van der Waals surface area contributed by atoms with Crippen LogP contribution in [0, 0.1) is 5.92 Å². The first-order chi connectivity index (χ1) is 13.3. The highest BCUT2D eigenvalue weighted by Gasteiger charge is 2.53. The Bertz CT molecular complexity index is 627. The largest absolute Gasteiger partial charge is 0.497 e. The Morgan fingerprint density at radius 3 is 2.78 bits per heavy atom. The van der Waals surface area contributed by atoms with Crippen molar-refractivity contribution in [3.63, 3.8) is 0 Å². The monoisotopic (exact) mass is 369 g/mol. The molecule has 3 atom stereocenters. The number of piperidine rings is 1. The molecule has 2 bridgehead atoms. The fourth-order valence-corrected chi connectivity index (χ4v) is 6.56. The lowest BCUT2D eigenvalue weighted by Crippen LogP contribution is -2.61. The topological polar surface area (TPSA) is 12.5 Å². The van der Waals surface area contributed by atoms with Crippen molar-refractivity contribution in [3.05, 3.63) is 29.3 Å². The summed E-state index contributed by atoms with van der Waals surface area (Å²) in [6, 6.07) is 7.75. The molecule has 2 aliphatic carbocycles. The van der Waals surface area contributed by atoms with E-state index in [2.05, 4.69) is 30.0 Å². The average Bonchev–Trinajstić information content (AvgIpc) is 2.71. The zero-order chi connectivity index (χ0) is 18.7. The lowest BCUT2D eigenvalue weighted by molar-refractivity contribution is -0.0120.